The molecule has 172 valence electrons. The molecule has 0 bridgehead atoms. The van der Waals surface area contributed by atoms with Crippen molar-refractivity contribution in [3.05, 3.63) is 87.3 Å². The Balaban J connectivity index is 1.91. The van der Waals surface area contributed by atoms with Crippen LogP contribution < -0.4 is 14.5 Å². The van der Waals surface area contributed by atoms with E-state index in [-0.39, 0.29) is 10.6 Å². The Morgan fingerprint density at radius 1 is 1.00 bits per heavy atom. The molecule has 33 heavy (non-hydrogen) atoms. The zero-order valence-corrected chi connectivity index (χ0v) is 21.8. The molecular formula is C23H21Br2N3O4S. The van der Waals surface area contributed by atoms with Crippen molar-refractivity contribution in [1.29, 1.82) is 0 Å². The van der Waals surface area contributed by atoms with Gasteiger partial charge in [-0.2, -0.15) is 5.10 Å². The summed E-state index contributed by atoms with van der Waals surface area (Å²) in [5, 5.41) is 4.12. The number of hydrazone groups is 1. The van der Waals surface area contributed by atoms with Crippen molar-refractivity contribution < 1.29 is 17.9 Å². The molecule has 0 radical (unpaired) electrons. The number of sulfonamides is 1. The third-order valence-electron chi connectivity index (χ3n) is 4.64. The summed E-state index contributed by atoms with van der Waals surface area (Å²) >= 11 is 6.68. The highest BCUT2D eigenvalue weighted by Crippen LogP contribution is 2.32. The van der Waals surface area contributed by atoms with Crippen molar-refractivity contribution >= 4 is 59.2 Å². The molecule has 0 aliphatic carbocycles. The number of nitrogens with one attached hydrogen (secondary N) is 1. The SMILES string of the molecule is COc1ccc(Br)cc1S(=O)(=O)N(CC(=O)N/N=C(/C)c1ccc(Br)cc1)c1ccccc1. The van der Waals surface area contributed by atoms with E-state index in [1.807, 2.05) is 24.3 Å². The number of rotatable bonds is 8. The summed E-state index contributed by atoms with van der Waals surface area (Å²) in [6, 6.07) is 20.5. The third-order valence-corrected chi connectivity index (χ3v) is 7.45. The third kappa shape index (κ3) is 6.21. The van der Waals surface area contributed by atoms with Crippen LogP contribution in [0.5, 0.6) is 5.75 Å². The second-order valence-electron chi connectivity index (χ2n) is 6.88. The Morgan fingerprint density at radius 2 is 1.64 bits per heavy atom. The standard InChI is InChI=1S/C23H21Br2N3O4S/c1-16(17-8-10-18(24)11-9-17)26-27-23(29)15-28(20-6-4-3-5-7-20)33(30,31)22-14-19(25)12-13-21(22)32-2/h3-14H,15H2,1-2H3,(H,27,29)/b26-16-. The first-order valence-corrected chi connectivity index (χ1v) is 12.8. The molecule has 0 heterocycles. The Bertz CT molecular complexity index is 1260. The molecule has 0 aliphatic rings. The molecule has 3 aromatic rings. The van der Waals surface area contributed by atoms with Crippen LogP contribution in [0, 0.1) is 0 Å². The molecule has 0 saturated heterocycles. The van der Waals surface area contributed by atoms with Gasteiger partial charge in [-0.3, -0.25) is 9.10 Å². The molecule has 0 saturated carbocycles. The summed E-state index contributed by atoms with van der Waals surface area (Å²) in [6.07, 6.45) is 0. The zero-order valence-electron chi connectivity index (χ0n) is 17.8. The number of carbonyl (C=O) groups is 1. The first-order valence-electron chi connectivity index (χ1n) is 9.73. The van der Waals surface area contributed by atoms with E-state index in [4.69, 9.17) is 4.74 Å². The summed E-state index contributed by atoms with van der Waals surface area (Å²) in [7, 11) is -2.76. The number of methoxy groups -OCH3 is 1. The monoisotopic (exact) mass is 593 g/mol. The van der Waals surface area contributed by atoms with E-state index >= 15 is 0 Å². The number of hydrogen-bond acceptors (Lipinski definition) is 5. The minimum atomic E-state index is -4.15. The van der Waals surface area contributed by atoms with Gasteiger partial charge in [-0.15, -0.1) is 0 Å². The predicted octanol–water partition coefficient (Wildman–Crippen LogP) is 4.96. The number of halogens is 2. The maximum absolute atomic E-state index is 13.6. The van der Waals surface area contributed by atoms with Crippen LogP contribution in [0.15, 0.2) is 91.7 Å². The van der Waals surface area contributed by atoms with Crippen LogP contribution in [-0.2, 0) is 14.8 Å². The summed E-state index contributed by atoms with van der Waals surface area (Å²) in [5.74, 6) is -0.420. The van der Waals surface area contributed by atoms with Crippen molar-refractivity contribution in [3.63, 3.8) is 0 Å². The van der Waals surface area contributed by atoms with Gasteiger partial charge in [-0.05, 0) is 55.0 Å². The second-order valence-corrected chi connectivity index (χ2v) is 10.5. The minimum Gasteiger partial charge on any atom is -0.495 e. The minimum absolute atomic E-state index is 0.0643. The number of anilines is 1. The van der Waals surface area contributed by atoms with Crippen molar-refractivity contribution in [2.24, 2.45) is 5.10 Å². The molecule has 0 unspecified atom stereocenters. The number of nitrogens with zero attached hydrogens (tertiary/aromatic N) is 2. The molecule has 0 atom stereocenters. The molecule has 0 aliphatic heterocycles. The smallest absolute Gasteiger partial charge is 0.268 e. The van der Waals surface area contributed by atoms with Crippen LogP contribution in [0.2, 0.25) is 0 Å². The van der Waals surface area contributed by atoms with Crippen LogP contribution in [0.4, 0.5) is 5.69 Å². The van der Waals surface area contributed by atoms with E-state index in [0.717, 1.165) is 14.3 Å². The molecule has 1 N–H and O–H groups in total. The quantitative estimate of drug-likeness (QED) is 0.295. The summed E-state index contributed by atoms with van der Waals surface area (Å²) in [4.78, 5) is 12.7. The molecule has 0 spiro atoms. The largest absolute Gasteiger partial charge is 0.495 e. The van der Waals surface area contributed by atoms with Gasteiger partial charge in [0, 0.05) is 8.95 Å². The average Bonchev–Trinajstić information content (AvgIpc) is 2.81. The molecule has 10 heteroatoms. The van der Waals surface area contributed by atoms with Gasteiger partial charge in [0.1, 0.15) is 17.2 Å². The van der Waals surface area contributed by atoms with Crippen molar-refractivity contribution in [1.82, 2.24) is 5.43 Å². The molecular weight excluding hydrogens is 574 g/mol. The number of benzene rings is 3. The molecule has 0 fully saturated rings. The lowest BCUT2D eigenvalue weighted by atomic mass is 10.1. The Morgan fingerprint density at radius 3 is 2.27 bits per heavy atom. The van der Waals surface area contributed by atoms with Crippen LogP contribution in [0.25, 0.3) is 0 Å². The lowest BCUT2D eigenvalue weighted by Gasteiger charge is -2.24. The van der Waals surface area contributed by atoms with Crippen LogP contribution in [-0.4, -0.2) is 33.7 Å². The van der Waals surface area contributed by atoms with Crippen molar-refractivity contribution in [2.45, 2.75) is 11.8 Å². The fraction of sp³-hybridized carbons (Fsp3) is 0.130. The molecule has 3 rings (SSSR count). The van der Waals surface area contributed by atoms with Gasteiger partial charge in [0.25, 0.3) is 15.9 Å². The molecule has 0 aromatic heterocycles. The van der Waals surface area contributed by atoms with Gasteiger partial charge < -0.3 is 4.74 Å². The highest BCUT2D eigenvalue weighted by molar-refractivity contribution is 9.10. The highest BCUT2D eigenvalue weighted by Gasteiger charge is 2.30. The first kappa shape index (κ1) is 24.9. The van der Waals surface area contributed by atoms with Crippen molar-refractivity contribution in [2.75, 3.05) is 18.0 Å². The first-order chi connectivity index (χ1) is 15.7. The Kier molecular flexibility index (Phi) is 8.28. The fourth-order valence-electron chi connectivity index (χ4n) is 2.95. The normalized spacial score (nSPS) is 11.7. The summed E-state index contributed by atoms with van der Waals surface area (Å²) < 4.78 is 35.0. The van der Waals surface area contributed by atoms with Crippen molar-refractivity contribution in [3.8, 4) is 5.75 Å². The van der Waals surface area contributed by atoms with E-state index in [2.05, 4.69) is 42.4 Å². The van der Waals surface area contributed by atoms with E-state index in [1.165, 1.54) is 13.2 Å². The van der Waals surface area contributed by atoms with E-state index < -0.39 is 22.5 Å². The topological polar surface area (TPSA) is 88.1 Å². The van der Waals surface area contributed by atoms with Crippen LogP contribution in [0.3, 0.4) is 0 Å². The van der Waals surface area contributed by atoms with Gasteiger partial charge in [-0.25, -0.2) is 13.8 Å². The summed E-state index contributed by atoms with van der Waals surface area (Å²) in [5.41, 5.74) is 4.19. The number of para-hydroxylation sites is 1. The van der Waals surface area contributed by atoms with Gasteiger partial charge in [-0.1, -0.05) is 62.2 Å². The van der Waals surface area contributed by atoms with Gasteiger partial charge in [0.15, 0.2) is 0 Å². The lowest BCUT2D eigenvalue weighted by Crippen LogP contribution is -2.40. The van der Waals surface area contributed by atoms with Crippen LogP contribution in [0.1, 0.15) is 12.5 Å². The van der Waals surface area contributed by atoms with E-state index in [0.29, 0.717) is 15.9 Å². The van der Waals surface area contributed by atoms with Gasteiger partial charge in [0.05, 0.1) is 18.5 Å². The van der Waals surface area contributed by atoms with Gasteiger partial charge in [0.2, 0.25) is 0 Å². The number of ether oxygens (including phenoxy) is 1. The molecule has 7 nitrogen and oxygen atoms in total. The number of amides is 1. The lowest BCUT2D eigenvalue weighted by molar-refractivity contribution is -0.119. The molecule has 1 amide bonds. The Hall–Kier alpha value is -2.69. The maximum Gasteiger partial charge on any atom is 0.268 e. The van der Waals surface area contributed by atoms with E-state index in [1.54, 1.807) is 49.4 Å². The molecule has 3 aromatic carbocycles. The predicted molar refractivity (Wildman–Crippen MR) is 136 cm³/mol. The average molecular weight is 595 g/mol. The second kappa shape index (κ2) is 11.0. The Labute approximate surface area is 209 Å². The fourth-order valence-corrected chi connectivity index (χ4v) is 5.33. The van der Waals surface area contributed by atoms with E-state index in [9.17, 15) is 13.2 Å². The highest BCUT2D eigenvalue weighted by atomic mass is 79.9. The number of carbonyl (C=O) groups excluding carboxylic acids is 1. The maximum atomic E-state index is 13.6. The van der Waals surface area contributed by atoms with Gasteiger partial charge >= 0.3 is 0 Å². The number of hydrogen-bond donors (Lipinski definition) is 1. The van der Waals surface area contributed by atoms with Crippen LogP contribution >= 0.6 is 31.9 Å². The summed E-state index contributed by atoms with van der Waals surface area (Å²) in [6.45, 7) is 1.28. The zero-order chi connectivity index (χ0) is 24.0.